The van der Waals surface area contributed by atoms with Crippen LogP contribution >= 0.6 is 11.8 Å². The summed E-state index contributed by atoms with van der Waals surface area (Å²) in [4.78, 5) is 13.7. The second-order valence-corrected chi connectivity index (χ2v) is 7.67. The molecule has 0 radical (unpaired) electrons. The van der Waals surface area contributed by atoms with Gasteiger partial charge in [-0.2, -0.15) is 8.42 Å². The predicted octanol–water partition coefficient (Wildman–Crippen LogP) is 1.73. The number of benzene rings is 1. The molecule has 0 bridgehead atoms. The first-order valence-corrected chi connectivity index (χ1v) is 9.14. The van der Waals surface area contributed by atoms with Gasteiger partial charge in [0.1, 0.15) is 0 Å². The normalized spacial score (nSPS) is 20.8. The first-order valence-electron chi connectivity index (χ1n) is 6.82. The summed E-state index contributed by atoms with van der Waals surface area (Å²) in [5.41, 5.74) is 0. The lowest BCUT2D eigenvalue weighted by molar-refractivity contribution is -0.126. The van der Waals surface area contributed by atoms with Crippen LogP contribution in [0.15, 0.2) is 39.6 Å². The van der Waals surface area contributed by atoms with E-state index in [-0.39, 0.29) is 21.2 Å². The largest absolute Gasteiger partial charge is 0.385 e. The van der Waals surface area contributed by atoms with Gasteiger partial charge < -0.3 is 4.74 Å². The molecule has 0 N–H and O–H groups in total. The smallest absolute Gasteiger partial charge is 0.284 e. The molecule has 0 unspecified atom stereocenters. The highest BCUT2D eigenvalue weighted by atomic mass is 32.2. The molecule has 1 aliphatic heterocycles. The topological polar surface area (TPSA) is 76.0 Å². The van der Waals surface area contributed by atoms with Crippen molar-refractivity contribution in [3.05, 3.63) is 30.3 Å². The summed E-state index contributed by atoms with van der Waals surface area (Å²) in [6.45, 7) is 2.64. The number of nitrogens with zero attached hydrogens (tertiary/aromatic N) is 2. The van der Waals surface area contributed by atoms with Gasteiger partial charge in [-0.3, -0.25) is 9.69 Å². The fourth-order valence-electron chi connectivity index (χ4n) is 1.98. The third kappa shape index (κ3) is 3.88. The fourth-order valence-corrected chi connectivity index (χ4v) is 4.21. The first-order chi connectivity index (χ1) is 10.5. The molecule has 1 aromatic carbocycles. The van der Waals surface area contributed by atoms with E-state index in [1.807, 2.05) is 0 Å². The van der Waals surface area contributed by atoms with Gasteiger partial charge in [-0.15, -0.1) is 4.40 Å². The zero-order valence-electron chi connectivity index (χ0n) is 12.4. The van der Waals surface area contributed by atoms with E-state index < -0.39 is 10.0 Å². The van der Waals surface area contributed by atoms with E-state index in [9.17, 15) is 13.2 Å². The van der Waals surface area contributed by atoms with Crippen LogP contribution in [0.2, 0.25) is 0 Å². The van der Waals surface area contributed by atoms with E-state index in [1.165, 1.54) is 28.8 Å². The average molecular weight is 342 g/mol. The Balaban J connectivity index is 2.26. The van der Waals surface area contributed by atoms with Crippen LogP contribution in [0.3, 0.4) is 0 Å². The molecule has 2 rings (SSSR count). The number of sulfonamides is 1. The highest BCUT2D eigenvalue weighted by Gasteiger charge is 2.36. The minimum absolute atomic E-state index is 0.118. The molecule has 1 saturated heterocycles. The van der Waals surface area contributed by atoms with Crippen LogP contribution in [0.1, 0.15) is 13.3 Å². The Morgan fingerprint density at radius 1 is 1.32 bits per heavy atom. The van der Waals surface area contributed by atoms with Crippen molar-refractivity contribution in [3.63, 3.8) is 0 Å². The zero-order valence-corrected chi connectivity index (χ0v) is 14.1. The molecule has 1 heterocycles. The number of amides is 1. The molecule has 8 heteroatoms. The average Bonchev–Trinajstić information content (AvgIpc) is 2.75. The van der Waals surface area contributed by atoms with Crippen LogP contribution in [0, 0.1) is 0 Å². The Morgan fingerprint density at radius 2 is 2.00 bits per heavy atom. The molecule has 1 atom stereocenters. The molecule has 1 aromatic rings. The number of hydrogen-bond acceptors (Lipinski definition) is 5. The molecular weight excluding hydrogens is 324 g/mol. The van der Waals surface area contributed by atoms with Gasteiger partial charge in [0.15, 0.2) is 5.17 Å². The molecule has 0 aliphatic carbocycles. The molecule has 1 fully saturated rings. The van der Waals surface area contributed by atoms with Gasteiger partial charge >= 0.3 is 0 Å². The van der Waals surface area contributed by atoms with Crippen LogP contribution in [-0.2, 0) is 19.6 Å². The van der Waals surface area contributed by atoms with Crippen LogP contribution in [0.5, 0.6) is 0 Å². The number of amidine groups is 1. The molecule has 0 saturated carbocycles. The van der Waals surface area contributed by atoms with Crippen molar-refractivity contribution in [2.75, 3.05) is 20.3 Å². The van der Waals surface area contributed by atoms with E-state index in [4.69, 9.17) is 4.74 Å². The maximum absolute atomic E-state index is 12.3. The number of thioether (sulfide) groups is 1. The second-order valence-electron chi connectivity index (χ2n) is 4.76. The summed E-state index contributed by atoms with van der Waals surface area (Å²) in [5, 5.41) is -0.0928. The zero-order chi connectivity index (χ0) is 16.2. The molecule has 22 heavy (non-hydrogen) atoms. The number of carbonyl (C=O) groups is 1. The van der Waals surface area contributed by atoms with Crippen molar-refractivity contribution < 1.29 is 17.9 Å². The predicted molar refractivity (Wildman–Crippen MR) is 86.3 cm³/mol. The van der Waals surface area contributed by atoms with Gasteiger partial charge in [0.05, 0.1) is 10.1 Å². The van der Waals surface area contributed by atoms with Crippen LogP contribution in [0.4, 0.5) is 0 Å². The van der Waals surface area contributed by atoms with Gasteiger partial charge in [0.25, 0.3) is 10.0 Å². The third-order valence-corrected chi connectivity index (χ3v) is 5.57. The van der Waals surface area contributed by atoms with Gasteiger partial charge in [0.2, 0.25) is 5.91 Å². The van der Waals surface area contributed by atoms with E-state index in [2.05, 4.69) is 4.40 Å². The van der Waals surface area contributed by atoms with Crippen molar-refractivity contribution in [1.29, 1.82) is 0 Å². The first kappa shape index (κ1) is 17.0. The Labute approximate surface area is 134 Å². The summed E-state index contributed by atoms with van der Waals surface area (Å²) in [5.74, 6) is -0.122. The van der Waals surface area contributed by atoms with Crippen molar-refractivity contribution in [2.24, 2.45) is 4.40 Å². The highest BCUT2D eigenvalue weighted by molar-refractivity contribution is 8.16. The Kier molecular flexibility index (Phi) is 5.60. The maximum atomic E-state index is 12.3. The van der Waals surface area contributed by atoms with Crippen LogP contribution in [-0.4, -0.2) is 49.9 Å². The van der Waals surface area contributed by atoms with E-state index in [0.717, 1.165) is 0 Å². The molecule has 1 amide bonds. The number of methoxy groups -OCH3 is 1. The van der Waals surface area contributed by atoms with Crippen LogP contribution < -0.4 is 0 Å². The second kappa shape index (κ2) is 7.26. The maximum Gasteiger partial charge on any atom is 0.284 e. The van der Waals surface area contributed by atoms with Crippen molar-refractivity contribution in [1.82, 2.24) is 4.90 Å². The molecule has 0 aromatic heterocycles. The number of carbonyl (C=O) groups excluding carboxylic acids is 1. The van der Waals surface area contributed by atoms with Crippen molar-refractivity contribution >= 4 is 32.9 Å². The standard InChI is InChI=1S/C14H18N2O4S2/c1-11-13(17)16(9-6-10-20-2)14(21-11)15-22(18,19)12-7-4-3-5-8-12/h3-5,7-8,11H,6,9-10H2,1-2H3/t11-/m0/s1. The molecule has 0 spiro atoms. The lowest BCUT2D eigenvalue weighted by Crippen LogP contribution is -2.33. The van der Waals surface area contributed by atoms with E-state index >= 15 is 0 Å². The van der Waals surface area contributed by atoms with Crippen molar-refractivity contribution in [3.8, 4) is 0 Å². The highest BCUT2D eigenvalue weighted by Crippen LogP contribution is 2.28. The van der Waals surface area contributed by atoms with Gasteiger partial charge in [-0.1, -0.05) is 30.0 Å². The molecule has 1 aliphatic rings. The summed E-state index contributed by atoms with van der Waals surface area (Å²) in [6.07, 6.45) is 0.625. The molecule has 120 valence electrons. The minimum Gasteiger partial charge on any atom is -0.385 e. The lowest BCUT2D eigenvalue weighted by atomic mass is 10.3. The monoisotopic (exact) mass is 342 g/mol. The van der Waals surface area contributed by atoms with Gasteiger partial charge in [-0.25, -0.2) is 0 Å². The Bertz CT molecular complexity index is 659. The Morgan fingerprint density at radius 3 is 2.64 bits per heavy atom. The number of ether oxygens (including phenoxy) is 1. The van der Waals surface area contributed by atoms with E-state index in [1.54, 1.807) is 32.2 Å². The third-order valence-electron chi connectivity index (χ3n) is 3.10. The van der Waals surface area contributed by atoms with Crippen molar-refractivity contribution in [2.45, 2.75) is 23.5 Å². The quantitative estimate of drug-likeness (QED) is 0.736. The SMILES string of the molecule is COCCCN1C(=O)[C@H](C)SC1=NS(=O)(=O)c1ccccc1. The number of rotatable bonds is 6. The van der Waals surface area contributed by atoms with Gasteiger partial charge in [-0.05, 0) is 25.5 Å². The molecule has 6 nitrogen and oxygen atoms in total. The molecular formula is C14H18N2O4S2. The van der Waals surface area contributed by atoms with Gasteiger partial charge in [0, 0.05) is 20.3 Å². The fraction of sp³-hybridized carbons (Fsp3) is 0.429. The minimum atomic E-state index is -3.81. The summed E-state index contributed by atoms with van der Waals surface area (Å²) < 4.78 is 33.4. The Hall–Kier alpha value is -1.38. The summed E-state index contributed by atoms with van der Waals surface area (Å²) >= 11 is 1.17. The van der Waals surface area contributed by atoms with Crippen LogP contribution in [0.25, 0.3) is 0 Å². The summed E-state index contributed by atoms with van der Waals surface area (Å²) in [6, 6.07) is 7.98. The summed E-state index contributed by atoms with van der Waals surface area (Å²) in [7, 11) is -2.23. The lowest BCUT2D eigenvalue weighted by Gasteiger charge is -2.15. The van der Waals surface area contributed by atoms with E-state index in [0.29, 0.717) is 19.6 Å². The number of hydrogen-bond donors (Lipinski definition) is 0.